The Morgan fingerprint density at radius 2 is 2.00 bits per heavy atom. The molecule has 0 spiro atoms. The van der Waals surface area contributed by atoms with Crippen LogP contribution in [0.4, 0.5) is 5.82 Å². The van der Waals surface area contributed by atoms with Gasteiger partial charge in [0.1, 0.15) is 10.7 Å². The van der Waals surface area contributed by atoms with Crippen LogP contribution >= 0.6 is 0 Å². The van der Waals surface area contributed by atoms with E-state index in [4.69, 9.17) is 9.72 Å². The van der Waals surface area contributed by atoms with Crippen LogP contribution in [0.25, 0.3) is 5.82 Å². The predicted octanol–water partition coefficient (Wildman–Crippen LogP) is 3.48. The number of nitrogens with one attached hydrogen (secondary N) is 1. The van der Waals surface area contributed by atoms with E-state index in [9.17, 15) is 13.2 Å². The second-order valence-corrected chi connectivity index (χ2v) is 14.0. The van der Waals surface area contributed by atoms with Gasteiger partial charge in [-0.1, -0.05) is 6.92 Å². The summed E-state index contributed by atoms with van der Waals surface area (Å²) in [6, 6.07) is 5.11. The van der Waals surface area contributed by atoms with Gasteiger partial charge in [0.2, 0.25) is 5.88 Å². The fraction of sp³-hybridized carbons (Fsp3) is 0.571. The van der Waals surface area contributed by atoms with Crippen molar-refractivity contribution in [3.63, 3.8) is 0 Å². The molecule has 4 heterocycles. The molecule has 0 aromatic carbocycles. The Bertz CT molecular complexity index is 1560. The normalized spacial score (nSPS) is 25.2. The molecule has 1 unspecified atom stereocenters. The summed E-state index contributed by atoms with van der Waals surface area (Å²) < 4.78 is 37.4. The molecule has 3 aromatic heterocycles. The SMILES string of the molecule is Cc1nn(C)cc1S(=O)(=O)NC(=O)c1ccc(-n2ccc(OCC3C[C@H]4CC[C@@H]34)n2)nc1N1C[C@@H](C)CC1(C)C. The van der Waals surface area contributed by atoms with E-state index in [1.165, 1.54) is 30.1 Å². The van der Waals surface area contributed by atoms with Gasteiger partial charge in [0.25, 0.3) is 15.9 Å². The Morgan fingerprint density at radius 1 is 1.20 bits per heavy atom. The van der Waals surface area contributed by atoms with E-state index < -0.39 is 15.9 Å². The summed E-state index contributed by atoms with van der Waals surface area (Å²) in [5.74, 6) is 3.47. The summed E-state index contributed by atoms with van der Waals surface area (Å²) >= 11 is 0. The molecule has 0 bridgehead atoms. The van der Waals surface area contributed by atoms with Crippen molar-refractivity contribution in [1.82, 2.24) is 29.3 Å². The lowest BCUT2D eigenvalue weighted by Crippen LogP contribution is -2.46. The first-order valence-electron chi connectivity index (χ1n) is 14.0. The number of nitrogens with zero attached hydrogens (tertiary/aromatic N) is 6. The Kier molecular flexibility index (Phi) is 6.43. The first-order valence-corrected chi connectivity index (χ1v) is 15.4. The summed E-state index contributed by atoms with van der Waals surface area (Å²) in [7, 11) is -2.50. The third-order valence-electron chi connectivity index (χ3n) is 8.85. The first-order chi connectivity index (χ1) is 18.9. The molecule has 2 aliphatic carbocycles. The number of amides is 1. The largest absolute Gasteiger partial charge is 0.476 e. The molecule has 40 heavy (non-hydrogen) atoms. The number of hydrogen-bond donors (Lipinski definition) is 1. The van der Waals surface area contributed by atoms with Crippen molar-refractivity contribution in [3.05, 3.63) is 41.9 Å². The quantitative estimate of drug-likeness (QED) is 0.439. The van der Waals surface area contributed by atoms with Crippen molar-refractivity contribution >= 4 is 21.7 Å². The van der Waals surface area contributed by atoms with Crippen LogP contribution in [0.1, 0.15) is 62.5 Å². The number of aryl methyl sites for hydroxylation is 2. The number of anilines is 1. The van der Waals surface area contributed by atoms with Gasteiger partial charge in [0.05, 0.1) is 17.9 Å². The molecule has 3 fully saturated rings. The average Bonchev–Trinajstić information content (AvgIpc) is 3.55. The molecular formula is C28H37N7O4S. The summed E-state index contributed by atoms with van der Waals surface area (Å²) in [6.07, 6.45) is 8.01. The second-order valence-electron chi connectivity index (χ2n) is 12.4. The molecule has 3 aromatic rings. The summed E-state index contributed by atoms with van der Waals surface area (Å²) in [4.78, 5) is 20.4. The van der Waals surface area contributed by atoms with Crippen molar-refractivity contribution in [1.29, 1.82) is 0 Å². The first kappa shape index (κ1) is 26.8. The molecule has 1 amide bonds. The van der Waals surface area contributed by atoms with Crippen molar-refractivity contribution in [2.75, 3.05) is 18.1 Å². The number of hydrogen-bond acceptors (Lipinski definition) is 8. The van der Waals surface area contributed by atoms with E-state index in [1.54, 1.807) is 37.0 Å². The van der Waals surface area contributed by atoms with Gasteiger partial charge >= 0.3 is 0 Å². The Labute approximate surface area is 235 Å². The van der Waals surface area contributed by atoms with Crippen LogP contribution < -0.4 is 14.4 Å². The molecule has 3 aliphatic rings. The molecule has 1 N–H and O–H groups in total. The highest BCUT2D eigenvalue weighted by molar-refractivity contribution is 7.90. The molecule has 4 atom stereocenters. The second kappa shape index (κ2) is 9.60. The van der Waals surface area contributed by atoms with Gasteiger partial charge in [-0.05, 0) is 82.3 Å². The van der Waals surface area contributed by atoms with Crippen LogP contribution in [0, 0.1) is 30.6 Å². The monoisotopic (exact) mass is 567 g/mol. The zero-order valence-corrected chi connectivity index (χ0v) is 24.5. The van der Waals surface area contributed by atoms with E-state index in [2.05, 4.69) is 40.6 Å². The fourth-order valence-electron chi connectivity index (χ4n) is 6.75. The van der Waals surface area contributed by atoms with Gasteiger partial charge in [-0.15, -0.1) is 5.10 Å². The van der Waals surface area contributed by atoms with Crippen LogP contribution in [0.5, 0.6) is 5.88 Å². The molecule has 6 rings (SSSR count). The van der Waals surface area contributed by atoms with Gasteiger partial charge < -0.3 is 9.64 Å². The van der Waals surface area contributed by atoms with Gasteiger partial charge in [-0.25, -0.2) is 22.8 Å². The number of pyridine rings is 1. The highest BCUT2D eigenvalue weighted by atomic mass is 32.2. The molecule has 0 radical (unpaired) electrons. The Hall–Kier alpha value is -3.41. The number of aromatic nitrogens is 5. The number of ether oxygens (including phenoxy) is 1. The predicted molar refractivity (Wildman–Crippen MR) is 149 cm³/mol. The van der Waals surface area contributed by atoms with E-state index in [-0.39, 0.29) is 16.0 Å². The van der Waals surface area contributed by atoms with Gasteiger partial charge in [0.15, 0.2) is 5.82 Å². The van der Waals surface area contributed by atoms with E-state index in [1.807, 2.05) is 6.07 Å². The molecule has 214 valence electrons. The van der Waals surface area contributed by atoms with Gasteiger partial charge in [-0.2, -0.15) is 5.10 Å². The topological polar surface area (TPSA) is 124 Å². The molecular weight excluding hydrogens is 530 g/mol. The van der Waals surface area contributed by atoms with Crippen LogP contribution in [-0.4, -0.2) is 57.6 Å². The van der Waals surface area contributed by atoms with E-state index >= 15 is 0 Å². The zero-order valence-electron chi connectivity index (χ0n) is 23.7. The molecule has 1 aliphatic heterocycles. The van der Waals surface area contributed by atoms with Crippen molar-refractivity contribution in [2.24, 2.45) is 30.7 Å². The van der Waals surface area contributed by atoms with Crippen LogP contribution in [-0.2, 0) is 17.1 Å². The number of carbonyl (C=O) groups is 1. The molecule has 1 saturated heterocycles. The molecule has 2 saturated carbocycles. The lowest BCUT2D eigenvalue weighted by molar-refractivity contribution is -0.0481. The molecule has 11 nitrogen and oxygen atoms in total. The maximum Gasteiger partial charge on any atom is 0.268 e. The minimum Gasteiger partial charge on any atom is -0.476 e. The maximum absolute atomic E-state index is 13.5. The zero-order chi connectivity index (χ0) is 28.4. The van der Waals surface area contributed by atoms with Crippen LogP contribution in [0.15, 0.2) is 35.5 Å². The highest BCUT2D eigenvalue weighted by Gasteiger charge is 2.47. The maximum atomic E-state index is 13.5. The minimum atomic E-state index is -4.13. The van der Waals surface area contributed by atoms with Crippen LogP contribution in [0.3, 0.4) is 0 Å². The lowest BCUT2D eigenvalue weighted by Gasteiger charge is -2.52. The Morgan fingerprint density at radius 3 is 2.60 bits per heavy atom. The summed E-state index contributed by atoms with van der Waals surface area (Å²) in [6.45, 7) is 9.33. The summed E-state index contributed by atoms with van der Waals surface area (Å²) in [5.41, 5.74) is 0.214. The highest BCUT2D eigenvalue weighted by Crippen LogP contribution is 2.54. The number of rotatable bonds is 8. The summed E-state index contributed by atoms with van der Waals surface area (Å²) in [5, 5.41) is 8.68. The minimum absolute atomic E-state index is 0.0385. The van der Waals surface area contributed by atoms with Gasteiger partial charge in [-0.3, -0.25) is 9.48 Å². The number of fused-ring (bicyclic) bond motifs is 1. The average molecular weight is 568 g/mol. The van der Waals surface area contributed by atoms with E-state index in [0.717, 1.165) is 18.3 Å². The lowest BCUT2D eigenvalue weighted by atomic mass is 9.53. The standard InChI is InChI=1S/C28H37N7O4S/c1-17-13-28(3,4)34(14-17)26-22(27(36)32-40(37,38)23-15-33(5)30-18(23)2)8-9-24(29-26)35-11-10-25(31-35)39-16-20-12-19-6-7-21(19)20/h8-11,15,17,19-21H,6-7,12-14,16H2,1-5H3,(H,32,36)/t17-,19+,20?,21+/m0/s1. The molecule has 12 heteroatoms. The van der Waals surface area contributed by atoms with Crippen molar-refractivity contribution in [3.8, 4) is 11.7 Å². The third kappa shape index (κ3) is 4.76. The van der Waals surface area contributed by atoms with Gasteiger partial charge in [0, 0.05) is 37.6 Å². The van der Waals surface area contributed by atoms with Crippen molar-refractivity contribution in [2.45, 2.75) is 63.8 Å². The van der Waals surface area contributed by atoms with E-state index in [0.29, 0.717) is 48.2 Å². The fourth-order valence-corrected chi connectivity index (χ4v) is 7.94. The van der Waals surface area contributed by atoms with Crippen LogP contribution in [0.2, 0.25) is 0 Å². The Balaban J connectivity index is 1.28. The number of sulfonamides is 1. The smallest absolute Gasteiger partial charge is 0.268 e. The third-order valence-corrected chi connectivity index (χ3v) is 10.3. The number of carbonyl (C=O) groups excluding carboxylic acids is 1. The van der Waals surface area contributed by atoms with Crippen molar-refractivity contribution < 1.29 is 17.9 Å².